The molecule has 1 N–H and O–H groups in total. The normalized spacial score (nSPS) is 10.4. The second kappa shape index (κ2) is 4.97. The molecule has 2 nitrogen and oxygen atoms in total. The van der Waals surface area contributed by atoms with Gasteiger partial charge in [-0.25, -0.2) is 0 Å². The van der Waals surface area contributed by atoms with Gasteiger partial charge in [0.25, 0.3) is 0 Å². The second-order valence-electron chi connectivity index (χ2n) is 3.37. The van der Waals surface area contributed by atoms with E-state index in [1.165, 1.54) is 12.0 Å². The van der Waals surface area contributed by atoms with Crippen molar-refractivity contribution in [3.8, 4) is 0 Å². The molecule has 1 heterocycles. The van der Waals surface area contributed by atoms with E-state index in [1.54, 1.807) is 0 Å². The first kappa shape index (κ1) is 10.2. The fourth-order valence-electron chi connectivity index (χ4n) is 1.30. The third-order valence-corrected chi connectivity index (χ3v) is 2.08. The van der Waals surface area contributed by atoms with Gasteiger partial charge < -0.3 is 5.32 Å². The van der Waals surface area contributed by atoms with Crippen molar-refractivity contribution in [3.05, 3.63) is 29.1 Å². The van der Waals surface area contributed by atoms with Crippen LogP contribution < -0.4 is 5.32 Å². The molecule has 0 radical (unpaired) electrons. The van der Waals surface area contributed by atoms with E-state index in [-0.39, 0.29) is 0 Å². The van der Waals surface area contributed by atoms with Crippen LogP contribution in [0, 0.1) is 13.8 Å². The Labute approximate surface area is 80.4 Å². The maximum atomic E-state index is 4.41. The zero-order valence-corrected chi connectivity index (χ0v) is 8.72. The molecule has 0 aliphatic carbocycles. The summed E-state index contributed by atoms with van der Waals surface area (Å²) in [6.07, 6.45) is 1.18. The van der Waals surface area contributed by atoms with Gasteiger partial charge >= 0.3 is 0 Å². The molecule has 0 bridgehead atoms. The Kier molecular flexibility index (Phi) is 3.90. The molecule has 0 amide bonds. The lowest BCUT2D eigenvalue weighted by atomic mass is 10.2. The molecule has 1 rings (SSSR count). The number of pyridine rings is 1. The van der Waals surface area contributed by atoms with Crippen molar-refractivity contribution in [3.63, 3.8) is 0 Å². The van der Waals surface area contributed by atoms with Crippen LogP contribution in [0.2, 0.25) is 0 Å². The second-order valence-corrected chi connectivity index (χ2v) is 3.37. The summed E-state index contributed by atoms with van der Waals surface area (Å²) in [5.74, 6) is 0. The SMILES string of the molecule is CCCNCc1ccc(C)nc1C. The van der Waals surface area contributed by atoms with E-state index < -0.39 is 0 Å². The van der Waals surface area contributed by atoms with Crippen LogP contribution in [-0.2, 0) is 6.54 Å². The van der Waals surface area contributed by atoms with Crippen LogP contribution in [0.15, 0.2) is 12.1 Å². The summed E-state index contributed by atoms with van der Waals surface area (Å²) in [6.45, 7) is 8.28. The first-order valence-electron chi connectivity index (χ1n) is 4.88. The Hall–Kier alpha value is -0.890. The van der Waals surface area contributed by atoms with E-state index in [9.17, 15) is 0 Å². The molecule has 0 atom stereocenters. The number of nitrogens with zero attached hydrogens (tertiary/aromatic N) is 1. The number of hydrogen-bond donors (Lipinski definition) is 1. The predicted octanol–water partition coefficient (Wildman–Crippen LogP) is 2.20. The van der Waals surface area contributed by atoms with Crippen LogP contribution in [-0.4, -0.2) is 11.5 Å². The van der Waals surface area contributed by atoms with Gasteiger partial charge in [0.15, 0.2) is 0 Å². The fourth-order valence-corrected chi connectivity index (χ4v) is 1.30. The summed E-state index contributed by atoms with van der Waals surface area (Å²) in [7, 11) is 0. The maximum absolute atomic E-state index is 4.41. The van der Waals surface area contributed by atoms with E-state index in [0.29, 0.717) is 0 Å². The first-order chi connectivity index (χ1) is 6.24. The number of hydrogen-bond acceptors (Lipinski definition) is 2. The quantitative estimate of drug-likeness (QED) is 0.715. The van der Waals surface area contributed by atoms with Crippen molar-refractivity contribution in [2.75, 3.05) is 6.54 Å². The molecule has 0 spiro atoms. The van der Waals surface area contributed by atoms with Crippen molar-refractivity contribution < 1.29 is 0 Å². The zero-order chi connectivity index (χ0) is 9.68. The molecule has 0 saturated carbocycles. The van der Waals surface area contributed by atoms with Crippen LogP contribution in [0.25, 0.3) is 0 Å². The molecule has 0 fully saturated rings. The van der Waals surface area contributed by atoms with Crippen molar-refractivity contribution in [1.29, 1.82) is 0 Å². The standard InChI is InChI=1S/C11H18N2/c1-4-7-12-8-11-6-5-9(2)13-10(11)3/h5-6,12H,4,7-8H2,1-3H3. The van der Waals surface area contributed by atoms with E-state index >= 15 is 0 Å². The molecule has 0 aromatic carbocycles. The molecule has 0 saturated heterocycles. The molecular weight excluding hydrogens is 160 g/mol. The predicted molar refractivity (Wildman–Crippen MR) is 55.7 cm³/mol. The van der Waals surface area contributed by atoms with E-state index in [0.717, 1.165) is 24.5 Å². The Balaban J connectivity index is 2.56. The molecule has 0 aliphatic rings. The first-order valence-corrected chi connectivity index (χ1v) is 4.88. The lowest BCUT2D eigenvalue weighted by Crippen LogP contribution is -2.15. The van der Waals surface area contributed by atoms with Crippen LogP contribution in [0.4, 0.5) is 0 Å². The van der Waals surface area contributed by atoms with E-state index in [1.807, 2.05) is 6.92 Å². The molecule has 2 heteroatoms. The van der Waals surface area contributed by atoms with Gasteiger partial charge in [-0.2, -0.15) is 0 Å². The zero-order valence-electron chi connectivity index (χ0n) is 8.72. The third kappa shape index (κ3) is 3.15. The van der Waals surface area contributed by atoms with Gasteiger partial charge in [0.2, 0.25) is 0 Å². The Bertz CT molecular complexity index is 269. The minimum atomic E-state index is 0.937. The number of nitrogens with one attached hydrogen (secondary N) is 1. The lowest BCUT2D eigenvalue weighted by molar-refractivity contribution is 0.670. The molecule has 13 heavy (non-hydrogen) atoms. The van der Waals surface area contributed by atoms with Gasteiger partial charge in [-0.15, -0.1) is 0 Å². The lowest BCUT2D eigenvalue weighted by Gasteiger charge is -2.06. The van der Waals surface area contributed by atoms with Crippen molar-refractivity contribution in [2.45, 2.75) is 33.7 Å². The molecule has 0 aliphatic heterocycles. The maximum Gasteiger partial charge on any atom is 0.0420 e. The summed E-state index contributed by atoms with van der Waals surface area (Å²) in [5, 5.41) is 3.37. The summed E-state index contributed by atoms with van der Waals surface area (Å²) in [6, 6.07) is 4.22. The summed E-state index contributed by atoms with van der Waals surface area (Å²) in [4.78, 5) is 4.41. The summed E-state index contributed by atoms with van der Waals surface area (Å²) >= 11 is 0. The minimum absolute atomic E-state index is 0.937. The summed E-state index contributed by atoms with van der Waals surface area (Å²) in [5.41, 5.74) is 3.54. The Morgan fingerprint density at radius 2 is 2.08 bits per heavy atom. The van der Waals surface area contributed by atoms with Gasteiger partial charge in [0, 0.05) is 17.9 Å². The van der Waals surface area contributed by atoms with Crippen LogP contribution in [0.3, 0.4) is 0 Å². The van der Waals surface area contributed by atoms with Crippen molar-refractivity contribution >= 4 is 0 Å². The number of aromatic nitrogens is 1. The van der Waals surface area contributed by atoms with E-state index in [4.69, 9.17) is 0 Å². The summed E-state index contributed by atoms with van der Waals surface area (Å²) < 4.78 is 0. The highest BCUT2D eigenvalue weighted by Gasteiger charge is 1.98. The van der Waals surface area contributed by atoms with Gasteiger partial charge in [-0.3, -0.25) is 4.98 Å². The van der Waals surface area contributed by atoms with Crippen LogP contribution in [0.5, 0.6) is 0 Å². The Morgan fingerprint density at radius 3 is 2.69 bits per heavy atom. The average Bonchev–Trinajstić information content (AvgIpc) is 2.09. The monoisotopic (exact) mass is 178 g/mol. The Morgan fingerprint density at radius 1 is 1.31 bits per heavy atom. The average molecular weight is 178 g/mol. The number of rotatable bonds is 4. The number of aryl methyl sites for hydroxylation is 2. The highest BCUT2D eigenvalue weighted by atomic mass is 14.9. The van der Waals surface area contributed by atoms with Crippen LogP contribution in [0.1, 0.15) is 30.3 Å². The van der Waals surface area contributed by atoms with Crippen molar-refractivity contribution in [1.82, 2.24) is 10.3 Å². The fraction of sp³-hybridized carbons (Fsp3) is 0.545. The molecule has 1 aromatic heterocycles. The van der Waals surface area contributed by atoms with Crippen LogP contribution >= 0.6 is 0 Å². The highest BCUT2D eigenvalue weighted by molar-refractivity contribution is 5.21. The third-order valence-electron chi connectivity index (χ3n) is 2.08. The highest BCUT2D eigenvalue weighted by Crippen LogP contribution is 2.05. The molecule has 1 aromatic rings. The topological polar surface area (TPSA) is 24.9 Å². The smallest absolute Gasteiger partial charge is 0.0420 e. The van der Waals surface area contributed by atoms with Gasteiger partial charge in [-0.1, -0.05) is 13.0 Å². The minimum Gasteiger partial charge on any atom is -0.313 e. The van der Waals surface area contributed by atoms with E-state index in [2.05, 4.69) is 36.3 Å². The molecule has 0 unspecified atom stereocenters. The molecule has 72 valence electrons. The van der Waals surface area contributed by atoms with Gasteiger partial charge in [0.1, 0.15) is 0 Å². The van der Waals surface area contributed by atoms with Crippen molar-refractivity contribution in [2.24, 2.45) is 0 Å². The molecular formula is C11H18N2. The van der Waals surface area contributed by atoms with Gasteiger partial charge in [0.05, 0.1) is 0 Å². The van der Waals surface area contributed by atoms with Gasteiger partial charge in [-0.05, 0) is 38.4 Å². The largest absolute Gasteiger partial charge is 0.313 e.